The quantitative estimate of drug-likeness (QED) is 0.00713. The lowest BCUT2D eigenvalue weighted by Crippen LogP contribution is -2.47. The van der Waals surface area contributed by atoms with Crippen LogP contribution >= 0.6 is 12.0 Å². The number of nitrogens with zero attached hydrogens (tertiary/aromatic N) is 3. The van der Waals surface area contributed by atoms with Crippen molar-refractivity contribution in [1.29, 1.82) is 0 Å². The topological polar surface area (TPSA) is 250 Å². The first-order valence-electron chi connectivity index (χ1n) is 25.4. The highest BCUT2D eigenvalue weighted by molar-refractivity contribution is 7.94. The van der Waals surface area contributed by atoms with E-state index in [1.165, 1.54) is 19.5 Å². The fourth-order valence-electron chi connectivity index (χ4n) is 7.76. The van der Waals surface area contributed by atoms with E-state index >= 15 is 0 Å². The van der Waals surface area contributed by atoms with E-state index in [2.05, 4.69) is 59.0 Å². The van der Waals surface area contributed by atoms with Gasteiger partial charge in [-0.15, -0.1) is 4.33 Å². The highest BCUT2D eigenvalue weighted by Crippen LogP contribution is 2.32. The lowest BCUT2D eigenvalue weighted by atomic mass is 10.0. The second kappa shape index (κ2) is 33.2. The largest absolute Gasteiger partial charge is 0.493 e. The Kier molecular flexibility index (Phi) is 25.2. The summed E-state index contributed by atoms with van der Waals surface area (Å²) in [5.74, 6) is 0.0296. The van der Waals surface area contributed by atoms with Crippen LogP contribution in [-0.2, 0) is 34.9 Å². The maximum absolute atomic E-state index is 13.3. The van der Waals surface area contributed by atoms with E-state index in [0.29, 0.717) is 91.3 Å². The molecule has 406 valence electrons. The zero-order valence-corrected chi connectivity index (χ0v) is 43.7. The fourth-order valence-corrected chi connectivity index (χ4v) is 8.21. The Hall–Kier alpha value is -7.88. The molecule has 0 radical (unpaired) electrons. The van der Waals surface area contributed by atoms with Crippen LogP contribution in [0.3, 0.4) is 0 Å². The Morgan fingerprint density at radius 2 is 1.42 bits per heavy atom. The van der Waals surface area contributed by atoms with Crippen LogP contribution in [-0.4, -0.2) is 103 Å². The first-order valence-corrected chi connectivity index (χ1v) is 26.1. The van der Waals surface area contributed by atoms with Gasteiger partial charge in [-0.3, -0.25) is 24.6 Å². The van der Waals surface area contributed by atoms with Crippen molar-refractivity contribution >= 4 is 47.8 Å². The van der Waals surface area contributed by atoms with Gasteiger partial charge in [0, 0.05) is 66.9 Å². The second-order valence-corrected chi connectivity index (χ2v) is 18.1. The smallest absolute Gasteiger partial charge is 0.303 e. The number of hydrazone groups is 1. The van der Waals surface area contributed by atoms with Crippen molar-refractivity contribution in [2.24, 2.45) is 5.10 Å². The molecule has 0 bridgehead atoms. The molecule has 0 saturated heterocycles. The van der Waals surface area contributed by atoms with Gasteiger partial charge in [-0.25, -0.2) is 15.2 Å². The lowest BCUT2D eigenvalue weighted by Gasteiger charge is -2.18. The minimum atomic E-state index is -0.938. The molecule has 0 fully saturated rings. The number of hydrogen-bond acceptors (Lipinski definition) is 16. The number of ether oxygens (including phenoxy) is 4. The van der Waals surface area contributed by atoms with Gasteiger partial charge in [0.2, 0.25) is 17.7 Å². The van der Waals surface area contributed by atoms with Crippen LogP contribution in [0.25, 0.3) is 22.4 Å². The third kappa shape index (κ3) is 20.6. The number of benzene rings is 4. The number of pyridine rings is 2. The van der Waals surface area contributed by atoms with Crippen molar-refractivity contribution in [3.63, 3.8) is 0 Å². The highest BCUT2D eigenvalue weighted by atomic mass is 32.2. The summed E-state index contributed by atoms with van der Waals surface area (Å²) in [6.07, 6.45) is 7.37. The molecule has 1 atom stereocenters. The monoisotopic (exact) mass is 1070 g/mol. The van der Waals surface area contributed by atoms with Crippen molar-refractivity contribution in [2.75, 3.05) is 52.1 Å². The zero-order chi connectivity index (χ0) is 54.3. The standard InChI is InChI=1S/C57H65N7O12S/c1-71-36-32-59-57(69)47(63-56(68)44-27-29-52(60-39-44)64-61-40-43-21-9-10-25-51(43)77-76-75-70)22-11-12-31-58-53(65)26-16-35-73-50-24-15-23-49(46(50)28-30-55(66)67)72-33-13-4-14-34-74-54-38-45(41-17-5-2-6-18-41)37-48(62-54)42-19-7-3-8-20-42/h2-3,5-10,15,17-21,23-25,27,29,37-40,47,70H,4,11-14,16,22,26,28,30-36H2,1H3,(H,58,65)(H,59,69)(H,60,64)(H,63,68)(H,66,67)/b61-40-. The number of aromatic nitrogens is 2. The molecule has 0 aliphatic rings. The molecule has 77 heavy (non-hydrogen) atoms. The van der Waals surface area contributed by atoms with Gasteiger partial charge < -0.3 is 40.0 Å². The van der Waals surface area contributed by atoms with Crippen LogP contribution in [0.15, 0.2) is 144 Å². The molecule has 2 aromatic heterocycles. The molecule has 2 heterocycles. The average molecular weight is 1070 g/mol. The summed E-state index contributed by atoms with van der Waals surface area (Å²) < 4.78 is 28.0. The van der Waals surface area contributed by atoms with E-state index in [1.54, 1.807) is 48.5 Å². The number of rotatable bonds is 35. The zero-order valence-electron chi connectivity index (χ0n) is 42.9. The Morgan fingerprint density at radius 3 is 2.13 bits per heavy atom. The van der Waals surface area contributed by atoms with Gasteiger partial charge in [0.05, 0.1) is 55.9 Å². The minimum Gasteiger partial charge on any atom is -0.493 e. The summed E-state index contributed by atoms with van der Waals surface area (Å²) in [6.45, 7) is 2.05. The van der Waals surface area contributed by atoms with Crippen LogP contribution < -0.4 is 35.6 Å². The van der Waals surface area contributed by atoms with Gasteiger partial charge in [0.1, 0.15) is 23.4 Å². The van der Waals surface area contributed by atoms with Crippen molar-refractivity contribution in [3.05, 3.63) is 150 Å². The number of nitrogens with one attached hydrogen (secondary N) is 4. The number of carbonyl (C=O) groups excluding carboxylic acids is 3. The predicted molar refractivity (Wildman–Crippen MR) is 293 cm³/mol. The number of amides is 3. The molecule has 19 nitrogen and oxygen atoms in total. The van der Waals surface area contributed by atoms with Gasteiger partial charge in [-0.2, -0.15) is 5.10 Å². The van der Waals surface area contributed by atoms with E-state index < -0.39 is 17.9 Å². The summed E-state index contributed by atoms with van der Waals surface area (Å²) in [5.41, 5.74) is 8.31. The third-order valence-corrected chi connectivity index (χ3v) is 12.4. The summed E-state index contributed by atoms with van der Waals surface area (Å²) in [5, 5.41) is 34.3. The molecule has 1 unspecified atom stereocenters. The molecule has 0 spiro atoms. The summed E-state index contributed by atoms with van der Waals surface area (Å²) in [7, 11) is 1.52. The Balaban J connectivity index is 0.896. The van der Waals surface area contributed by atoms with Crippen molar-refractivity contribution in [2.45, 2.75) is 75.1 Å². The van der Waals surface area contributed by atoms with E-state index in [0.717, 1.165) is 53.7 Å². The number of aliphatic carboxylic acids is 1. The molecule has 6 aromatic rings. The Bertz CT molecular complexity index is 2730. The maximum atomic E-state index is 13.3. The van der Waals surface area contributed by atoms with Gasteiger partial charge >= 0.3 is 5.97 Å². The SMILES string of the molecule is COCCNC(=O)C(CCCCNC(=O)CCCOc1cccc(OCCCCCOc2cc(-c3ccccc3)cc(-c3ccccc3)n2)c1CCC(=O)O)NC(=O)c1ccc(N/N=C\c2ccccc2SOOO)nc1. The van der Waals surface area contributed by atoms with Crippen molar-refractivity contribution in [3.8, 4) is 39.8 Å². The third-order valence-electron chi connectivity index (χ3n) is 11.7. The number of unbranched alkanes of at least 4 members (excludes halogenated alkanes) is 3. The summed E-state index contributed by atoms with van der Waals surface area (Å²) in [6, 6.07) is 39.0. The maximum Gasteiger partial charge on any atom is 0.303 e. The van der Waals surface area contributed by atoms with Crippen LogP contribution in [0.5, 0.6) is 17.4 Å². The van der Waals surface area contributed by atoms with Gasteiger partial charge in [0.25, 0.3) is 5.91 Å². The molecule has 3 amide bonds. The molecule has 4 aromatic carbocycles. The van der Waals surface area contributed by atoms with Crippen LogP contribution in [0.2, 0.25) is 0 Å². The molecule has 0 saturated carbocycles. The first kappa shape index (κ1) is 58.4. The van der Waals surface area contributed by atoms with Crippen LogP contribution in [0.4, 0.5) is 5.82 Å². The molecular formula is C57H65N7O12S. The second-order valence-electron chi connectivity index (χ2n) is 17.4. The molecule has 6 rings (SSSR count). The fraction of sp³-hybridized carbons (Fsp3) is 0.316. The number of methoxy groups -OCH3 is 1. The van der Waals surface area contributed by atoms with Crippen molar-refractivity contribution < 1.29 is 57.9 Å². The van der Waals surface area contributed by atoms with Gasteiger partial charge in [-0.1, -0.05) is 90.0 Å². The van der Waals surface area contributed by atoms with E-state index in [1.807, 2.05) is 60.7 Å². The lowest BCUT2D eigenvalue weighted by molar-refractivity contribution is -0.432. The first-order chi connectivity index (χ1) is 37.7. The highest BCUT2D eigenvalue weighted by Gasteiger charge is 2.22. The number of carboxylic acid groups (broad SMARTS) is 1. The molecule has 20 heteroatoms. The van der Waals surface area contributed by atoms with Crippen LogP contribution in [0.1, 0.15) is 79.3 Å². The summed E-state index contributed by atoms with van der Waals surface area (Å²) in [4.78, 5) is 60.4. The number of carboxylic acids is 1. The van der Waals surface area contributed by atoms with Crippen molar-refractivity contribution in [1.82, 2.24) is 25.9 Å². The normalized spacial score (nSPS) is 11.4. The van der Waals surface area contributed by atoms with E-state index in [-0.39, 0.29) is 49.8 Å². The minimum absolute atomic E-state index is 0.104. The van der Waals surface area contributed by atoms with E-state index in [4.69, 9.17) is 29.2 Å². The van der Waals surface area contributed by atoms with Gasteiger partial charge in [0.15, 0.2) is 0 Å². The molecule has 0 aliphatic carbocycles. The molecule has 6 N–H and O–H groups in total. The average Bonchev–Trinajstić information content (AvgIpc) is 3.45. The Morgan fingerprint density at radius 1 is 0.701 bits per heavy atom. The number of hydrogen-bond donors (Lipinski definition) is 6. The number of carbonyl (C=O) groups is 4. The Labute approximate surface area is 452 Å². The molecular weight excluding hydrogens is 1010 g/mol. The van der Waals surface area contributed by atoms with Crippen LogP contribution in [0, 0.1) is 0 Å². The summed E-state index contributed by atoms with van der Waals surface area (Å²) >= 11 is 0.802. The molecule has 0 aliphatic heterocycles. The number of anilines is 1. The van der Waals surface area contributed by atoms with Gasteiger partial charge in [-0.05, 0) is 98.9 Å². The van der Waals surface area contributed by atoms with E-state index in [9.17, 15) is 24.3 Å². The predicted octanol–water partition coefficient (Wildman–Crippen LogP) is 9.34.